The largest absolute Gasteiger partial charge is 0.376 e. The Morgan fingerprint density at radius 2 is 1.84 bits per heavy atom. The van der Waals surface area contributed by atoms with Crippen LogP contribution in [0.5, 0.6) is 0 Å². The summed E-state index contributed by atoms with van der Waals surface area (Å²) in [6.45, 7) is 3.67. The molecule has 0 fully saturated rings. The molecular formula is C15H14ClF2N. The quantitative estimate of drug-likeness (QED) is 0.825. The van der Waals surface area contributed by atoms with Gasteiger partial charge >= 0.3 is 0 Å². The molecule has 2 aromatic carbocycles. The Bertz CT molecular complexity index is 599. The Morgan fingerprint density at radius 3 is 2.47 bits per heavy atom. The highest BCUT2D eigenvalue weighted by Gasteiger charge is 2.12. The Kier molecular flexibility index (Phi) is 4.05. The van der Waals surface area contributed by atoms with Crippen LogP contribution in [0, 0.1) is 18.6 Å². The minimum Gasteiger partial charge on any atom is -0.376 e. The predicted molar refractivity (Wildman–Crippen MR) is 74.6 cm³/mol. The molecule has 100 valence electrons. The topological polar surface area (TPSA) is 12.0 Å². The van der Waals surface area contributed by atoms with Crippen LogP contribution in [0.3, 0.4) is 0 Å². The molecule has 0 bridgehead atoms. The highest BCUT2D eigenvalue weighted by molar-refractivity contribution is 6.31. The van der Waals surface area contributed by atoms with Crippen molar-refractivity contribution in [1.29, 1.82) is 0 Å². The lowest BCUT2D eigenvalue weighted by atomic mass is 10.1. The molecule has 0 aliphatic carbocycles. The van der Waals surface area contributed by atoms with Crippen molar-refractivity contribution in [3.63, 3.8) is 0 Å². The first-order valence-electron chi connectivity index (χ1n) is 5.95. The fourth-order valence-corrected chi connectivity index (χ4v) is 2.23. The normalized spacial score (nSPS) is 12.3. The van der Waals surface area contributed by atoms with Crippen molar-refractivity contribution >= 4 is 17.3 Å². The van der Waals surface area contributed by atoms with Crippen LogP contribution in [0.1, 0.15) is 24.1 Å². The standard InChI is InChI=1S/C15H14ClF2N/c1-9-3-6-15(14(18)7-9)19-10(2)12-5-4-11(17)8-13(12)16/h3-8,10,19H,1-2H3. The summed E-state index contributed by atoms with van der Waals surface area (Å²) in [4.78, 5) is 0. The van der Waals surface area contributed by atoms with E-state index in [2.05, 4.69) is 5.32 Å². The molecule has 19 heavy (non-hydrogen) atoms. The van der Waals surface area contributed by atoms with Gasteiger partial charge < -0.3 is 5.32 Å². The van der Waals surface area contributed by atoms with Crippen molar-refractivity contribution in [3.8, 4) is 0 Å². The van der Waals surface area contributed by atoms with Gasteiger partial charge in [0.05, 0.1) is 11.7 Å². The molecule has 0 amide bonds. The van der Waals surface area contributed by atoms with E-state index in [1.54, 1.807) is 12.1 Å². The van der Waals surface area contributed by atoms with E-state index in [9.17, 15) is 8.78 Å². The molecule has 1 unspecified atom stereocenters. The van der Waals surface area contributed by atoms with E-state index in [-0.39, 0.29) is 17.7 Å². The average Bonchev–Trinajstić information content (AvgIpc) is 2.32. The second-order valence-corrected chi connectivity index (χ2v) is 4.92. The Hall–Kier alpha value is -1.61. The summed E-state index contributed by atoms with van der Waals surface area (Å²) in [5.41, 5.74) is 1.98. The van der Waals surface area contributed by atoms with Crippen molar-refractivity contribution in [3.05, 3.63) is 64.2 Å². The van der Waals surface area contributed by atoms with Crippen LogP contribution in [-0.4, -0.2) is 0 Å². The first kappa shape index (κ1) is 13.8. The van der Waals surface area contributed by atoms with Crippen LogP contribution >= 0.6 is 11.6 Å². The number of hydrogen-bond donors (Lipinski definition) is 1. The Labute approximate surface area is 116 Å². The van der Waals surface area contributed by atoms with Crippen LogP contribution in [-0.2, 0) is 0 Å². The molecule has 0 radical (unpaired) electrons. The van der Waals surface area contributed by atoms with Crippen molar-refractivity contribution in [2.75, 3.05) is 5.32 Å². The zero-order valence-electron chi connectivity index (χ0n) is 10.7. The fourth-order valence-electron chi connectivity index (χ4n) is 1.90. The van der Waals surface area contributed by atoms with Gasteiger partial charge in [0.25, 0.3) is 0 Å². The smallest absolute Gasteiger partial charge is 0.146 e. The lowest BCUT2D eigenvalue weighted by molar-refractivity contribution is 0.623. The molecule has 0 heterocycles. The summed E-state index contributed by atoms with van der Waals surface area (Å²) < 4.78 is 26.7. The zero-order chi connectivity index (χ0) is 14.0. The molecule has 1 nitrogen and oxygen atoms in total. The van der Waals surface area contributed by atoms with Gasteiger partial charge in [-0.25, -0.2) is 8.78 Å². The number of anilines is 1. The van der Waals surface area contributed by atoms with Gasteiger partial charge in [0.1, 0.15) is 11.6 Å². The summed E-state index contributed by atoms with van der Waals surface area (Å²) in [6.07, 6.45) is 0. The van der Waals surface area contributed by atoms with E-state index >= 15 is 0 Å². The molecule has 0 aromatic heterocycles. The second kappa shape index (κ2) is 5.57. The number of hydrogen-bond acceptors (Lipinski definition) is 1. The molecule has 4 heteroatoms. The molecule has 0 aliphatic heterocycles. The molecule has 1 atom stereocenters. The summed E-state index contributed by atoms with van der Waals surface area (Å²) in [6, 6.07) is 8.93. The van der Waals surface area contributed by atoms with E-state index in [0.717, 1.165) is 11.1 Å². The zero-order valence-corrected chi connectivity index (χ0v) is 11.4. The fraction of sp³-hybridized carbons (Fsp3) is 0.200. The van der Waals surface area contributed by atoms with Gasteiger partial charge in [-0.15, -0.1) is 0 Å². The van der Waals surface area contributed by atoms with E-state index in [4.69, 9.17) is 11.6 Å². The van der Waals surface area contributed by atoms with Gasteiger partial charge in [0.15, 0.2) is 0 Å². The monoisotopic (exact) mass is 281 g/mol. The third-order valence-electron chi connectivity index (χ3n) is 2.93. The van der Waals surface area contributed by atoms with E-state index in [0.29, 0.717) is 10.7 Å². The maximum Gasteiger partial charge on any atom is 0.146 e. The molecule has 0 saturated heterocycles. The predicted octanol–water partition coefficient (Wildman–Crippen LogP) is 5.10. The van der Waals surface area contributed by atoms with E-state index < -0.39 is 0 Å². The van der Waals surface area contributed by atoms with E-state index in [1.807, 2.05) is 19.9 Å². The minimum atomic E-state index is -0.387. The molecule has 0 spiro atoms. The number of halogens is 3. The van der Waals surface area contributed by atoms with Gasteiger partial charge in [-0.1, -0.05) is 23.7 Å². The molecule has 2 aromatic rings. The van der Waals surface area contributed by atoms with Crippen LogP contribution in [0.4, 0.5) is 14.5 Å². The third kappa shape index (κ3) is 3.24. The van der Waals surface area contributed by atoms with Gasteiger partial charge in [-0.2, -0.15) is 0 Å². The summed E-state index contributed by atoms with van der Waals surface area (Å²) in [5, 5.41) is 3.36. The van der Waals surface area contributed by atoms with Crippen LogP contribution in [0.2, 0.25) is 5.02 Å². The van der Waals surface area contributed by atoms with Crippen molar-refractivity contribution in [1.82, 2.24) is 0 Å². The molecule has 1 N–H and O–H groups in total. The highest BCUT2D eigenvalue weighted by atomic mass is 35.5. The van der Waals surface area contributed by atoms with Crippen molar-refractivity contribution in [2.45, 2.75) is 19.9 Å². The third-order valence-corrected chi connectivity index (χ3v) is 3.25. The Balaban J connectivity index is 2.23. The minimum absolute atomic E-state index is 0.217. The summed E-state index contributed by atoms with van der Waals surface area (Å²) in [5.74, 6) is -0.701. The Morgan fingerprint density at radius 1 is 1.11 bits per heavy atom. The molecule has 0 aliphatic rings. The first-order valence-corrected chi connectivity index (χ1v) is 6.33. The average molecular weight is 282 g/mol. The van der Waals surface area contributed by atoms with Crippen LogP contribution in [0.15, 0.2) is 36.4 Å². The molecular weight excluding hydrogens is 268 g/mol. The molecule has 2 rings (SSSR count). The number of nitrogens with one attached hydrogen (secondary N) is 1. The second-order valence-electron chi connectivity index (χ2n) is 4.52. The number of aryl methyl sites for hydroxylation is 1. The SMILES string of the molecule is Cc1ccc(NC(C)c2ccc(F)cc2Cl)c(F)c1. The number of benzene rings is 2. The maximum absolute atomic E-state index is 13.7. The van der Waals surface area contributed by atoms with Gasteiger partial charge in [-0.05, 0) is 49.2 Å². The van der Waals surface area contributed by atoms with Gasteiger partial charge in [-0.3, -0.25) is 0 Å². The highest BCUT2D eigenvalue weighted by Crippen LogP contribution is 2.27. The van der Waals surface area contributed by atoms with Crippen LogP contribution < -0.4 is 5.32 Å². The lowest BCUT2D eigenvalue weighted by Crippen LogP contribution is -2.08. The van der Waals surface area contributed by atoms with Crippen molar-refractivity contribution in [2.24, 2.45) is 0 Å². The number of rotatable bonds is 3. The summed E-state index contributed by atoms with van der Waals surface area (Å²) in [7, 11) is 0. The van der Waals surface area contributed by atoms with E-state index in [1.165, 1.54) is 18.2 Å². The van der Waals surface area contributed by atoms with Gasteiger partial charge in [0.2, 0.25) is 0 Å². The van der Waals surface area contributed by atoms with Gasteiger partial charge in [0, 0.05) is 5.02 Å². The first-order chi connectivity index (χ1) is 8.97. The molecule has 0 saturated carbocycles. The lowest BCUT2D eigenvalue weighted by Gasteiger charge is -2.17. The van der Waals surface area contributed by atoms with Crippen LogP contribution in [0.25, 0.3) is 0 Å². The van der Waals surface area contributed by atoms with Crippen molar-refractivity contribution < 1.29 is 8.78 Å². The maximum atomic E-state index is 13.7. The summed E-state index contributed by atoms with van der Waals surface area (Å²) >= 11 is 5.98.